The Morgan fingerprint density at radius 1 is 0.923 bits per heavy atom. The van der Waals surface area contributed by atoms with Gasteiger partial charge in [0.05, 0.1) is 16.8 Å². The number of rotatable bonds is 5. The molecule has 2 fully saturated rings. The largest absolute Gasteiger partial charge is 0.313 e. The maximum atomic E-state index is 12.5. The summed E-state index contributed by atoms with van der Waals surface area (Å²) in [6.45, 7) is 1.15. The zero-order chi connectivity index (χ0) is 17.0. The van der Waals surface area contributed by atoms with Gasteiger partial charge >= 0.3 is 0 Å². The standard InChI is InChI=1S/C21H20N2O2.ClH/c24-20-16-3-1-2-4-17(16)21(25)23(20)15-9-7-14(8-10-15)18-11-19(18)22-12-13-5-6-13;/h1-4,7-10,13,18-19,22H,5-6,11-12H2;1H/t18-,19+;/m0./s1. The van der Waals surface area contributed by atoms with Crippen LogP contribution in [-0.2, 0) is 0 Å². The number of hydrogen-bond acceptors (Lipinski definition) is 3. The fourth-order valence-corrected chi connectivity index (χ4v) is 3.72. The second-order valence-electron chi connectivity index (χ2n) is 7.38. The second kappa shape index (κ2) is 6.53. The minimum absolute atomic E-state index is 0. The molecule has 5 rings (SSSR count). The summed E-state index contributed by atoms with van der Waals surface area (Å²) in [5.74, 6) is 1.000. The lowest BCUT2D eigenvalue weighted by Crippen LogP contribution is -2.29. The van der Waals surface area contributed by atoms with Gasteiger partial charge in [-0.15, -0.1) is 12.4 Å². The van der Waals surface area contributed by atoms with Gasteiger partial charge in [-0.25, -0.2) is 4.90 Å². The summed E-state index contributed by atoms with van der Waals surface area (Å²) in [6, 6.07) is 15.5. The highest BCUT2D eigenvalue weighted by Crippen LogP contribution is 2.42. The van der Waals surface area contributed by atoms with Crippen molar-refractivity contribution in [2.45, 2.75) is 31.2 Å². The molecule has 0 aromatic heterocycles. The van der Waals surface area contributed by atoms with Crippen LogP contribution in [0, 0.1) is 5.92 Å². The molecule has 2 aromatic carbocycles. The summed E-state index contributed by atoms with van der Waals surface area (Å²) in [5.41, 5.74) is 2.91. The highest BCUT2D eigenvalue weighted by atomic mass is 35.5. The molecule has 2 aromatic rings. The van der Waals surface area contributed by atoms with Crippen LogP contribution in [0.1, 0.15) is 51.5 Å². The Balaban J connectivity index is 0.00000168. The number of carbonyl (C=O) groups is 2. The summed E-state index contributed by atoms with van der Waals surface area (Å²) in [7, 11) is 0. The van der Waals surface area contributed by atoms with Gasteiger partial charge in [-0.3, -0.25) is 9.59 Å². The number of halogens is 1. The monoisotopic (exact) mass is 368 g/mol. The van der Waals surface area contributed by atoms with Gasteiger partial charge in [0, 0.05) is 12.0 Å². The highest BCUT2D eigenvalue weighted by molar-refractivity contribution is 6.34. The van der Waals surface area contributed by atoms with Crippen molar-refractivity contribution >= 4 is 29.9 Å². The van der Waals surface area contributed by atoms with Gasteiger partial charge in [0.15, 0.2) is 0 Å². The zero-order valence-corrected chi connectivity index (χ0v) is 15.2. The average Bonchev–Trinajstić information content (AvgIpc) is 3.55. The van der Waals surface area contributed by atoms with Crippen molar-refractivity contribution in [1.29, 1.82) is 0 Å². The van der Waals surface area contributed by atoms with E-state index in [9.17, 15) is 9.59 Å². The molecule has 2 atom stereocenters. The minimum Gasteiger partial charge on any atom is -0.313 e. The molecule has 1 heterocycles. The minimum atomic E-state index is -0.233. The Kier molecular flexibility index (Phi) is 4.33. The lowest BCUT2D eigenvalue weighted by molar-refractivity contribution is 0.0926. The van der Waals surface area contributed by atoms with Crippen molar-refractivity contribution in [2.75, 3.05) is 11.4 Å². The van der Waals surface area contributed by atoms with E-state index in [1.54, 1.807) is 24.3 Å². The third-order valence-corrected chi connectivity index (χ3v) is 5.53. The average molecular weight is 369 g/mol. The topological polar surface area (TPSA) is 49.4 Å². The number of fused-ring (bicyclic) bond motifs is 1. The summed E-state index contributed by atoms with van der Waals surface area (Å²) in [6.07, 6.45) is 3.93. The number of carbonyl (C=O) groups excluding carboxylic acids is 2. The number of imide groups is 1. The van der Waals surface area contributed by atoms with E-state index in [2.05, 4.69) is 17.4 Å². The third kappa shape index (κ3) is 2.93. The van der Waals surface area contributed by atoms with Crippen molar-refractivity contribution < 1.29 is 9.59 Å². The van der Waals surface area contributed by atoms with Gasteiger partial charge in [-0.1, -0.05) is 24.3 Å². The molecule has 1 N–H and O–H groups in total. The molecular weight excluding hydrogens is 348 g/mol. The normalized spacial score (nSPS) is 23.6. The van der Waals surface area contributed by atoms with Crippen LogP contribution < -0.4 is 10.2 Å². The van der Waals surface area contributed by atoms with Crippen LogP contribution in [0.5, 0.6) is 0 Å². The maximum Gasteiger partial charge on any atom is 0.266 e. The molecule has 0 radical (unpaired) electrons. The molecule has 2 saturated carbocycles. The molecule has 5 heteroatoms. The predicted molar refractivity (Wildman–Crippen MR) is 103 cm³/mol. The summed E-state index contributed by atoms with van der Waals surface area (Å²) in [4.78, 5) is 26.4. The van der Waals surface area contributed by atoms with Crippen LogP contribution in [0.3, 0.4) is 0 Å². The van der Waals surface area contributed by atoms with Crippen LogP contribution in [0.15, 0.2) is 48.5 Å². The molecule has 134 valence electrons. The predicted octanol–water partition coefficient (Wildman–Crippen LogP) is 3.76. The van der Waals surface area contributed by atoms with Gasteiger partial charge in [0.25, 0.3) is 11.8 Å². The summed E-state index contributed by atoms with van der Waals surface area (Å²) >= 11 is 0. The van der Waals surface area contributed by atoms with E-state index in [-0.39, 0.29) is 24.2 Å². The van der Waals surface area contributed by atoms with E-state index >= 15 is 0 Å². The van der Waals surface area contributed by atoms with Gasteiger partial charge in [-0.2, -0.15) is 0 Å². The van der Waals surface area contributed by atoms with E-state index in [1.807, 2.05) is 12.1 Å². The van der Waals surface area contributed by atoms with Crippen LogP contribution >= 0.6 is 12.4 Å². The molecule has 4 nitrogen and oxygen atoms in total. The first-order valence-electron chi connectivity index (χ1n) is 9.03. The van der Waals surface area contributed by atoms with Gasteiger partial charge in [0.2, 0.25) is 0 Å². The third-order valence-electron chi connectivity index (χ3n) is 5.53. The number of benzene rings is 2. The van der Waals surface area contributed by atoms with E-state index in [1.165, 1.54) is 29.7 Å². The van der Waals surface area contributed by atoms with Crippen LogP contribution in [0.25, 0.3) is 0 Å². The summed E-state index contributed by atoms with van der Waals surface area (Å²) in [5, 5.41) is 3.64. The van der Waals surface area contributed by atoms with E-state index < -0.39 is 0 Å². The quantitative estimate of drug-likeness (QED) is 0.817. The van der Waals surface area contributed by atoms with Gasteiger partial charge < -0.3 is 5.32 Å². The second-order valence-corrected chi connectivity index (χ2v) is 7.38. The lowest BCUT2D eigenvalue weighted by Gasteiger charge is -2.14. The molecule has 2 aliphatic carbocycles. The van der Waals surface area contributed by atoms with Gasteiger partial charge in [0.1, 0.15) is 0 Å². The van der Waals surface area contributed by atoms with E-state index in [0.717, 1.165) is 12.5 Å². The van der Waals surface area contributed by atoms with Crippen molar-refractivity contribution in [1.82, 2.24) is 5.32 Å². The Bertz CT molecular complexity index is 826. The Morgan fingerprint density at radius 3 is 2.12 bits per heavy atom. The van der Waals surface area contributed by atoms with Crippen molar-refractivity contribution in [3.8, 4) is 0 Å². The number of nitrogens with one attached hydrogen (secondary N) is 1. The molecule has 3 aliphatic rings. The first-order valence-corrected chi connectivity index (χ1v) is 9.03. The van der Waals surface area contributed by atoms with Crippen molar-refractivity contribution in [3.63, 3.8) is 0 Å². The Morgan fingerprint density at radius 2 is 1.54 bits per heavy atom. The molecule has 0 saturated heterocycles. The molecule has 1 aliphatic heterocycles. The fourth-order valence-electron chi connectivity index (χ4n) is 3.72. The Hall–Kier alpha value is -2.17. The number of hydrogen-bond donors (Lipinski definition) is 1. The lowest BCUT2D eigenvalue weighted by atomic mass is 10.1. The highest BCUT2D eigenvalue weighted by Gasteiger charge is 2.40. The number of amides is 2. The Labute approximate surface area is 159 Å². The molecule has 0 spiro atoms. The zero-order valence-electron chi connectivity index (χ0n) is 14.4. The van der Waals surface area contributed by atoms with Crippen LogP contribution in [0.2, 0.25) is 0 Å². The molecule has 0 unspecified atom stereocenters. The smallest absolute Gasteiger partial charge is 0.266 e. The molecule has 0 bridgehead atoms. The first-order chi connectivity index (χ1) is 12.2. The maximum absolute atomic E-state index is 12.5. The van der Waals surface area contributed by atoms with E-state index in [0.29, 0.717) is 28.8 Å². The van der Waals surface area contributed by atoms with Crippen LogP contribution in [0.4, 0.5) is 5.69 Å². The van der Waals surface area contributed by atoms with Crippen LogP contribution in [-0.4, -0.2) is 24.4 Å². The molecule has 26 heavy (non-hydrogen) atoms. The van der Waals surface area contributed by atoms with E-state index in [4.69, 9.17) is 0 Å². The summed E-state index contributed by atoms with van der Waals surface area (Å²) < 4.78 is 0. The SMILES string of the molecule is Cl.O=C1c2ccccc2C(=O)N1c1ccc([C@@H]2C[C@H]2NCC2CC2)cc1. The van der Waals surface area contributed by atoms with Crippen molar-refractivity contribution in [2.24, 2.45) is 5.92 Å². The first kappa shape index (κ1) is 17.3. The molecule has 2 amide bonds. The fraction of sp³-hybridized carbons (Fsp3) is 0.333. The number of anilines is 1. The van der Waals surface area contributed by atoms with Gasteiger partial charge in [-0.05, 0) is 61.6 Å². The van der Waals surface area contributed by atoms with Crippen molar-refractivity contribution in [3.05, 3.63) is 65.2 Å². The molecular formula is C21H21ClN2O2. The number of nitrogens with zero attached hydrogens (tertiary/aromatic N) is 1.